The van der Waals surface area contributed by atoms with E-state index in [0.29, 0.717) is 18.9 Å². The van der Waals surface area contributed by atoms with Crippen molar-refractivity contribution in [1.82, 2.24) is 4.90 Å². The number of piperidine rings is 1. The smallest absolute Gasteiger partial charge is 0.222 e. The number of rotatable bonds is 4. The number of halogens is 1. The summed E-state index contributed by atoms with van der Waals surface area (Å²) in [4.78, 5) is 23.1. The van der Waals surface area contributed by atoms with E-state index >= 15 is 0 Å². The fraction of sp³-hybridized carbons (Fsp3) is 0.500. The van der Waals surface area contributed by atoms with Crippen LogP contribution >= 0.6 is 0 Å². The van der Waals surface area contributed by atoms with Gasteiger partial charge in [0.05, 0.1) is 0 Å². The molecule has 1 aromatic rings. The fourth-order valence-electron chi connectivity index (χ4n) is 3.40. The number of carbonyl (C=O) groups excluding carboxylic acids is 1. The third-order valence-electron chi connectivity index (χ3n) is 4.83. The number of hydrogen-bond acceptors (Lipinski definition) is 3. The summed E-state index contributed by atoms with van der Waals surface area (Å²) in [6, 6.07) is 6.61. The summed E-state index contributed by atoms with van der Waals surface area (Å²) in [6.45, 7) is 2.96. The van der Waals surface area contributed by atoms with Gasteiger partial charge in [0.15, 0.2) is 0 Å². The highest BCUT2D eigenvalue weighted by Gasteiger charge is 2.33. The van der Waals surface area contributed by atoms with Gasteiger partial charge in [-0.1, -0.05) is 12.1 Å². The molecule has 2 unspecified atom stereocenters. The van der Waals surface area contributed by atoms with Crippen molar-refractivity contribution in [3.05, 3.63) is 35.6 Å². The van der Waals surface area contributed by atoms with Gasteiger partial charge in [0.1, 0.15) is 17.7 Å². The summed E-state index contributed by atoms with van der Waals surface area (Å²) < 4.78 is 13.2. The van der Waals surface area contributed by atoms with Crippen LogP contribution in [0.1, 0.15) is 44.6 Å². The number of carbonyl (C=O) groups is 1. The normalized spacial score (nSPS) is 26.7. The summed E-state index contributed by atoms with van der Waals surface area (Å²) >= 11 is 0. The predicted molar refractivity (Wildman–Crippen MR) is 89.3 cm³/mol. The Kier molecular flexibility index (Phi) is 4.55. The minimum Gasteiger partial charge on any atom is -0.340 e. The van der Waals surface area contributed by atoms with Crippen LogP contribution in [-0.4, -0.2) is 35.9 Å². The van der Waals surface area contributed by atoms with Gasteiger partial charge in [0, 0.05) is 25.2 Å². The fourth-order valence-corrected chi connectivity index (χ4v) is 3.40. The molecule has 0 N–H and O–H groups in total. The molecule has 4 nitrogen and oxygen atoms in total. The summed E-state index contributed by atoms with van der Waals surface area (Å²) in [6.07, 6.45) is 7.60. The Morgan fingerprint density at radius 2 is 2.13 bits per heavy atom. The van der Waals surface area contributed by atoms with E-state index in [-0.39, 0.29) is 11.7 Å². The first-order valence-corrected chi connectivity index (χ1v) is 8.24. The van der Waals surface area contributed by atoms with Gasteiger partial charge in [0.25, 0.3) is 0 Å². The second kappa shape index (κ2) is 6.60. The molecule has 1 fully saturated rings. The second-order valence-corrected chi connectivity index (χ2v) is 6.39. The van der Waals surface area contributed by atoms with Crippen LogP contribution in [0.3, 0.4) is 0 Å². The van der Waals surface area contributed by atoms with Gasteiger partial charge in [-0.3, -0.25) is 9.79 Å². The summed E-state index contributed by atoms with van der Waals surface area (Å²) in [5.74, 6) is -0.102. The predicted octanol–water partition coefficient (Wildman–Crippen LogP) is 3.31. The van der Waals surface area contributed by atoms with Crippen molar-refractivity contribution < 1.29 is 9.18 Å². The van der Waals surface area contributed by atoms with Crippen LogP contribution in [0, 0.1) is 5.82 Å². The molecule has 0 radical (unpaired) electrons. The lowest BCUT2D eigenvalue weighted by Gasteiger charge is -2.34. The lowest BCUT2D eigenvalue weighted by molar-refractivity contribution is -0.134. The molecule has 0 spiro atoms. The van der Waals surface area contributed by atoms with Crippen LogP contribution in [-0.2, 0) is 10.3 Å². The number of benzene rings is 1. The number of aliphatic imine (C=N–C) groups is 2. The maximum absolute atomic E-state index is 13.2. The van der Waals surface area contributed by atoms with Crippen LogP contribution in [0.25, 0.3) is 0 Å². The molecule has 1 saturated heterocycles. The van der Waals surface area contributed by atoms with Crippen molar-refractivity contribution in [3.63, 3.8) is 0 Å². The Bertz CT molecular complexity index is 612. The molecule has 1 amide bonds. The van der Waals surface area contributed by atoms with Crippen molar-refractivity contribution in [3.8, 4) is 0 Å². The third kappa shape index (κ3) is 3.33. The molecule has 1 aromatic carbocycles. The van der Waals surface area contributed by atoms with Crippen molar-refractivity contribution >= 4 is 18.5 Å². The first-order chi connectivity index (χ1) is 11.1. The van der Waals surface area contributed by atoms with Crippen LogP contribution in [0.4, 0.5) is 4.39 Å². The highest BCUT2D eigenvalue weighted by molar-refractivity contribution is 5.88. The Balaban J connectivity index is 1.71. The van der Waals surface area contributed by atoms with Gasteiger partial charge >= 0.3 is 0 Å². The highest BCUT2D eigenvalue weighted by atomic mass is 19.1. The van der Waals surface area contributed by atoms with Gasteiger partial charge in [-0.25, -0.2) is 9.38 Å². The SMILES string of the molecule is CC1CCCCN1C(=O)CCC1(c2ccc(F)cc2)C=NC=N1. The first-order valence-electron chi connectivity index (χ1n) is 8.24. The van der Waals surface area contributed by atoms with Crippen LogP contribution < -0.4 is 0 Å². The van der Waals surface area contributed by atoms with Crippen LogP contribution in [0.15, 0.2) is 34.3 Å². The van der Waals surface area contributed by atoms with E-state index in [4.69, 9.17) is 0 Å². The van der Waals surface area contributed by atoms with E-state index in [1.54, 1.807) is 18.3 Å². The molecule has 3 rings (SSSR count). The number of nitrogens with zero attached hydrogens (tertiary/aromatic N) is 3. The van der Waals surface area contributed by atoms with E-state index in [9.17, 15) is 9.18 Å². The largest absolute Gasteiger partial charge is 0.340 e. The summed E-state index contributed by atoms with van der Waals surface area (Å²) in [5, 5.41) is 0. The third-order valence-corrected chi connectivity index (χ3v) is 4.83. The van der Waals surface area contributed by atoms with E-state index in [0.717, 1.165) is 24.9 Å². The molecular formula is C18H22FN3O. The monoisotopic (exact) mass is 315 g/mol. The summed E-state index contributed by atoms with van der Waals surface area (Å²) in [5.41, 5.74) is 0.235. The molecule has 122 valence electrons. The van der Waals surface area contributed by atoms with Crippen molar-refractivity contribution in [2.45, 2.75) is 50.6 Å². The van der Waals surface area contributed by atoms with Crippen molar-refractivity contribution in [2.24, 2.45) is 9.98 Å². The van der Waals surface area contributed by atoms with Gasteiger partial charge < -0.3 is 4.90 Å². The van der Waals surface area contributed by atoms with E-state index < -0.39 is 5.54 Å². The highest BCUT2D eigenvalue weighted by Crippen LogP contribution is 2.32. The molecule has 2 aliphatic heterocycles. The average molecular weight is 315 g/mol. The van der Waals surface area contributed by atoms with E-state index in [1.807, 2.05) is 4.90 Å². The zero-order valence-corrected chi connectivity index (χ0v) is 13.4. The van der Waals surface area contributed by atoms with Gasteiger partial charge in [0.2, 0.25) is 5.91 Å². The maximum atomic E-state index is 13.2. The molecule has 5 heteroatoms. The summed E-state index contributed by atoms with van der Waals surface area (Å²) in [7, 11) is 0. The van der Waals surface area contributed by atoms with E-state index in [2.05, 4.69) is 16.9 Å². The lowest BCUT2D eigenvalue weighted by Crippen LogP contribution is -2.42. The standard InChI is InChI=1S/C18H22FN3O/c1-14-4-2-3-11-22(14)17(23)9-10-18(12-20-13-21-18)15-5-7-16(19)8-6-15/h5-8,12-14H,2-4,9-11H2,1H3. The minimum atomic E-state index is -0.637. The number of hydrogen-bond donors (Lipinski definition) is 0. The Labute approximate surface area is 136 Å². The molecule has 2 atom stereocenters. The topological polar surface area (TPSA) is 45.0 Å². The molecule has 0 aromatic heterocycles. The zero-order valence-electron chi connectivity index (χ0n) is 13.4. The minimum absolute atomic E-state index is 0.175. The molecule has 0 bridgehead atoms. The number of likely N-dealkylation sites (tertiary alicyclic amines) is 1. The Morgan fingerprint density at radius 3 is 2.78 bits per heavy atom. The Hall–Kier alpha value is -2.04. The van der Waals surface area contributed by atoms with Crippen molar-refractivity contribution in [2.75, 3.05) is 6.54 Å². The molecule has 0 aliphatic carbocycles. The van der Waals surface area contributed by atoms with Crippen LogP contribution in [0.2, 0.25) is 0 Å². The van der Waals surface area contributed by atoms with Crippen LogP contribution in [0.5, 0.6) is 0 Å². The average Bonchev–Trinajstić information content (AvgIpc) is 3.04. The van der Waals surface area contributed by atoms with E-state index in [1.165, 1.54) is 24.9 Å². The van der Waals surface area contributed by atoms with Crippen molar-refractivity contribution in [1.29, 1.82) is 0 Å². The quantitative estimate of drug-likeness (QED) is 0.840. The zero-order chi connectivity index (χ0) is 16.3. The first kappa shape index (κ1) is 15.8. The second-order valence-electron chi connectivity index (χ2n) is 6.39. The molecule has 2 heterocycles. The Morgan fingerprint density at radius 1 is 1.35 bits per heavy atom. The maximum Gasteiger partial charge on any atom is 0.222 e. The van der Waals surface area contributed by atoms with Gasteiger partial charge in [-0.15, -0.1) is 0 Å². The molecule has 0 saturated carbocycles. The van der Waals surface area contributed by atoms with Gasteiger partial charge in [-0.05, 0) is 50.3 Å². The lowest BCUT2D eigenvalue weighted by atomic mass is 9.87. The van der Waals surface area contributed by atoms with Gasteiger partial charge in [-0.2, -0.15) is 0 Å². The number of amides is 1. The molecule has 2 aliphatic rings. The molecule has 23 heavy (non-hydrogen) atoms. The molecular weight excluding hydrogens is 293 g/mol.